The third-order valence-electron chi connectivity index (χ3n) is 5.89. The molecule has 0 N–H and O–H groups in total. The Labute approximate surface area is 163 Å². The van der Waals surface area contributed by atoms with E-state index in [0.717, 1.165) is 18.4 Å². The normalized spacial score (nSPS) is 23.0. The Bertz CT molecular complexity index is 671. The topological polar surface area (TPSA) is 19.4 Å². The smallest absolute Gasteiger partial charge is 0.0343 e. The van der Waals surface area contributed by atoms with Crippen molar-refractivity contribution in [2.45, 2.75) is 65.3 Å². The molecule has 1 aliphatic carbocycles. The fraction of sp³-hybridized carbons (Fsp3) is 0.682. The van der Waals surface area contributed by atoms with Crippen LogP contribution < -0.4 is 10.4 Å². The predicted molar refractivity (Wildman–Crippen MR) is 114 cm³/mol. The van der Waals surface area contributed by atoms with E-state index >= 15 is 0 Å². The molecule has 0 aromatic carbocycles. The van der Waals surface area contributed by atoms with E-state index in [9.17, 15) is 0 Å². The second-order valence-corrected chi connectivity index (χ2v) is 8.79. The maximum absolute atomic E-state index is 4.27. The highest BCUT2D eigenvalue weighted by molar-refractivity contribution is 8.05. The summed E-state index contributed by atoms with van der Waals surface area (Å²) < 4.78 is 2.61. The van der Waals surface area contributed by atoms with Gasteiger partial charge in [-0.05, 0) is 86.0 Å². The van der Waals surface area contributed by atoms with Gasteiger partial charge in [0.25, 0.3) is 0 Å². The zero-order valence-corrected chi connectivity index (χ0v) is 17.6. The lowest BCUT2D eigenvalue weighted by Gasteiger charge is -2.41. The quantitative estimate of drug-likeness (QED) is 0.753. The van der Waals surface area contributed by atoms with Crippen molar-refractivity contribution in [3.8, 4) is 0 Å². The minimum atomic E-state index is 0.829. The van der Waals surface area contributed by atoms with Gasteiger partial charge in [-0.2, -0.15) is 0 Å². The first-order chi connectivity index (χ1) is 12.8. The van der Waals surface area contributed by atoms with Crippen LogP contribution in [-0.2, 0) is 0 Å². The van der Waals surface area contributed by atoms with Crippen LogP contribution in [0, 0.1) is 5.92 Å². The Morgan fingerprint density at radius 3 is 2.50 bits per heavy atom. The number of pyridine rings is 1. The number of rotatable bonds is 3. The van der Waals surface area contributed by atoms with Gasteiger partial charge >= 0.3 is 0 Å². The summed E-state index contributed by atoms with van der Waals surface area (Å²) in [6.45, 7) is 11.5. The predicted octanol–water partition coefficient (Wildman–Crippen LogP) is 3.63. The molecule has 0 atom stereocenters. The molecular formula is C22H35N3S. The Morgan fingerprint density at radius 2 is 1.77 bits per heavy atom. The molecule has 0 radical (unpaired) electrons. The summed E-state index contributed by atoms with van der Waals surface area (Å²) in [7, 11) is 0. The van der Waals surface area contributed by atoms with E-state index in [1.165, 1.54) is 68.7 Å². The number of hydrogen-bond donors (Lipinski definition) is 0. The summed E-state index contributed by atoms with van der Waals surface area (Å²) in [5.74, 6) is 0.936. The van der Waals surface area contributed by atoms with E-state index in [0.29, 0.717) is 0 Å². The molecule has 2 fully saturated rings. The van der Waals surface area contributed by atoms with E-state index in [4.69, 9.17) is 0 Å². The maximum atomic E-state index is 4.27. The van der Waals surface area contributed by atoms with Crippen LogP contribution in [-0.4, -0.2) is 46.4 Å². The van der Waals surface area contributed by atoms with Gasteiger partial charge in [-0.25, -0.2) is 4.31 Å². The van der Waals surface area contributed by atoms with Crippen molar-refractivity contribution in [3.63, 3.8) is 0 Å². The van der Waals surface area contributed by atoms with E-state index < -0.39 is 0 Å². The highest BCUT2D eigenvalue weighted by Gasteiger charge is 2.27. The van der Waals surface area contributed by atoms with Crippen LogP contribution in [0.4, 0.5) is 0 Å². The van der Waals surface area contributed by atoms with E-state index in [1.54, 1.807) is 4.91 Å². The molecule has 3 aliphatic rings. The lowest BCUT2D eigenvalue weighted by molar-refractivity contribution is 0.103. The first-order valence-corrected chi connectivity index (χ1v) is 11.4. The molecule has 3 heterocycles. The van der Waals surface area contributed by atoms with Crippen LogP contribution in [0.25, 0.3) is 11.0 Å². The molecule has 0 unspecified atom stereocenters. The molecule has 0 spiro atoms. The van der Waals surface area contributed by atoms with Gasteiger partial charge in [-0.15, -0.1) is 0 Å². The molecule has 0 saturated carbocycles. The molecule has 3 nitrogen and oxygen atoms in total. The number of hydrogen-bond acceptors (Lipinski definition) is 4. The molecule has 2 saturated heterocycles. The van der Waals surface area contributed by atoms with Crippen molar-refractivity contribution >= 4 is 22.9 Å². The lowest BCUT2D eigenvalue weighted by atomic mass is 9.95. The molecule has 26 heavy (non-hydrogen) atoms. The minimum absolute atomic E-state index is 0.829. The zero-order chi connectivity index (χ0) is 18.4. The number of likely N-dealkylation sites (tertiary alicyclic amines) is 1. The van der Waals surface area contributed by atoms with E-state index in [-0.39, 0.29) is 0 Å². The second-order valence-electron chi connectivity index (χ2n) is 7.60. The van der Waals surface area contributed by atoms with Crippen LogP contribution in [0.1, 0.15) is 59.3 Å². The van der Waals surface area contributed by atoms with Gasteiger partial charge in [0.05, 0.1) is 0 Å². The van der Waals surface area contributed by atoms with Crippen molar-refractivity contribution in [2.24, 2.45) is 5.92 Å². The first kappa shape index (κ1) is 19.9. The molecule has 1 aromatic rings. The van der Waals surface area contributed by atoms with Crippen LogP contribution in [0.15, 0.2) is 18.5 Å². The lowest BCUT2D eigenvalue weighted by Crippen LogP contribution is -2.46. The van der Waals surface area contributed by atoms with Gasteiger partial charge in [-0.1, -0.05) is 26.8 Å². The highest BCUT2D eigenvalue weighted by atomic mass is 32.2. The summed E-state index contributed by atoms with van der Waals surface area (Å²) in [6.07, 6.45) is 14.1. The van der Waals surface area contributed by atoms with Crippen molar-refractivity contribution in [1.29, 1.82) is 0 Å². The summed E-state index contributed by atoms with van der Waals surface area (Å²) in [6, 6.07) is 3.02. The van der Waals surface area contributed by atoms with Gasteiger partial charge < -0.3 is 4.90 Å². The standard InChI is InChI=1S/C20H29N3S.C2H6/c1-16-6-11-22(12-7-16)18-8-13-23(14-9-18)24-20-4-2-3-17-15-21-10-5-19(17)20;1-2/h3,5,10,15-16,18H,2,4,6-9,11-14H2,1H3;1-2H3. The average molecular weight is 374 g/mol. The maximum Gasteiger partial charge on any atom is 0.0343 e. The first-order valence-electron chi connectivity index (χ1n) is 10.6. The average Bonchev–Trinajstić information content (AvgIpc) is 2.71. The fourth-order valence-electron chi connectivity index (χ4n) is 4.26. The molecule has 0 amide bonds. The molecule has 1 aromatic heterocycles. The molecule has 144 valence electrons. The Hall–Kier alpha value is -0.840. The van der Waals surface area contributed by atoms with Crippen molar-refractivity contribution in [1.82, 2.24) is 14.2 Å². The molecule has 4 heteroatoms. The monoisotopic (exact) mass is 373 g/mol. The van der Waals surface area contributed by atoms with Crippen molar-refractivity contribution in [3.05, 3.63) is 28.9 Å². The van der Waals surface area contributed by atoms with Crippen LogP contribution in [0.3, 0.4) is 0 Å². The third kappa shape index (κ3) is 4.90. The zero-order valence-electron chi connectivity index (χ0n) is 16.8. The SMILES string of the molecule is CC.CC1CCN(C2CCN(SC3=c4ccncc4=CCC3)CC2)CC1. The molecule has 0 bridgehead atoms. The molecule has 2 aliphatic heterocycles. The third-order valence-corrected chi connectivity index (χ3v) is 7.15. The summed E-state index contributed by atoms with van der Waals surface area (Å²) in [5, 5.41) is 2.73. The largest absolute Gasteiger partial charge is 0.300 e. The van der Waals surface area contributed by atoms with Crippen LogP contribution >= 0.6 is 11.9 Å². The van der Waals surface area contributed by atoms with Crippen molar-refractivity contribution < 1.29 is 0 Å². The molecule has 4 rings (SSSR count). The summed E-state index contributed by atoms with van der Waals surface area (Å²) >= 11 is 2.02. The fourth-order valence-corrected chi connectivity index (χ4v) is 5.46. The van der Waals surface area contributed by atoms with Gasteiger partial charge in [0.15, 0.2) is 0 Å². The minimum Gasteiger partial charge on any atom is -0.300 e. The molecular weight excluding hydrogens is 338 g/mol. The number of piperidine rings is 2. The van der Waals surface area contributed by atoms with Crippen LogP contribution in [0.5, 0.6) is 0 Å². The summed E-state index contributed by atoms with van der Waals surface area (Å²) in [4.78, 5) is 8.58. The Morgan fingerprint density at radius 1 is 1.04 bits per heavy atom. The van der Waals surface area contributed by atoms with E-state index in [2.05, 4.69) is 33.3 Å². The number of nitrogens with zero attached hydrogens (tertiary/aromatic N) is 3. The van der Waals surface area contributed by atoms with E-state index in [1.807, 2.05) is 38.2 Å². The Kier molecular flexibility index (Phi) is 7.59. The van der Waals surface area contributed by atoms with Gasteiger partial charge in [0, 0.05) is 36.4 Å². The van der Waals surface area contributed by atoms with Gasteiger partial charge in [0.2, 0.25) is 0 Å². The van der Waals surface area contributed by atoms with Crippen LogP contribution in [0.2, 0.25) is 0 Å². The summed E-state index contributed by atoms with van der Waals surface area (Å²) in [5.41, 5.74) is 0. The highest BCUT2D eigenvalue weighted by Crippen LogP contribution is 2.31. The van der Waals surface area contributed by atoms with Gasteiger partial charge in [-0.3, -0.25) is 4.98 Å². The Balaban J connectivity index is 0.000000948. The second kappa shape index (κ2) is 9.91. The number of fused-ring (bicyclic) bond motifs is 1. The van der Waals surface area contributed by atoms with Crippen molar-refractivity contribution in [2.75, 3.05) is 26.2 Å². The number of aromatic nitrogens is 1. The van der Waals surface area contributed by atoms with Gasteiger partial charge in [0.1, 0.15) is 0 Å².